The van der Waals surface area contributed by atoms with Gasteiger partial charge in [-0.25, -0.2) is 0 Å². The predicted molar refractivity (Wildman–Crippen MR) is 125 cm³/mol. The SMILES string of the molecule is COc1ccccc1CN(CCN1CCOCC1)C(=S)Nc1ccc(C)cc1OC. The first-order valence-electron chi connectivity index (χ1n) is 10.2. The van der Waals surface area contributed by atoms with Gasteiger partial charge in [-0.15, -0.1) is 0 Å². The van der Waals surface area contributed by atoms with E-state index in [0.29, 0.717) is 11.7 Å². The fourth-order valence-corrected chi connectivity index (χ4v) is 3.74. The molecule has 0 amide bonds. The molecule has 0 radical (unpaired) electrons. The van der Waals surface area contributed by atoms with Gasteiger partial charge in [0.25, 0.3) is 0 Å². The molecule has 1 N–H and O–H groups in total. The molecule has 1 heterocycles. The number of rotatable bonds is 8. The molecule has 7 heteroatoms. The minimum absolute atomic E-state index is 0.661. The number of hydrogen-bond donors (Lipinski definition) is 1. The molecule has 1 saturated heterocycles. The normalized spacial score (nSPS) is 14.2. The minimum atomic E-state index is 0.661. The van der Waals surface area contributed by atoms with Gasteiger partial charge in [0.05, 0.1) is 33.1 Å². The van der Waals surface area contributed by atoms with Crippen LogP contribution in [0.5, 0.6) is 11.5 Å². The Bertz CT molecular complexity index is 840. The van der Waals surface area contributed by atoms with Crippen molar-refractivity contribution in [3.8, 4) is 11.5 Å². The summed E-state index contributed by atoms with van der Waals surface area (Å²) < 4.78 is 16.6. The van der Waals surface area contributed by atoms with E-state index in [0.717, 1.165) is 67.7 Å². The summed E-state index contributed by atoms with van der Waals surface area (Å²) in [7, 11) is 3.37. The van der Waals surface area contributed by atoms with Crippen molar-refractivity contribution in [3.63, 3.8) is 0 Å². The lowest BCUT2D eigenvalue weighted by molar-refractivity contribution is 0.0358. The first-order valence-corrected chi connectivity index (χ1v) is 10.6. The number of aryl methyl sites for hydroxylation is 1. The highest BCUT2D eigenvalue weighted by molar-refractivity contribution is 7.80. The fourth-order valence-electron chi connectivity index (χ4n) is 3.47. The summed E-state index contributed by atoms with van der Waals surface area (Å²) in [6, 6.07) is 14.1. The highest BCUT2D eigenvalue weighted by Crippen LogP contribution is 2.26. The zero-order valence-corrected chi connectivity index (χ0v) is 18.8. The van der Waals surface area contributed by atoms with E-state index in [9.17, 15) is 0 Å². The Morgan fingerprint density at radius 2 is 1.83 bits per heavy atom. The van der Waals surface area contributed by atoms with Crippen LogP contribution in [0.25, 0.3) is 0 Å². The average Bonchev–Trinajstić information content (AvgIpc) is 2.78. The van der Waals surface area contributed by atoms with Crippen molar-refractivity contribution >= 4 is 23.0 Å². The zero-order chi connectivity index (χ0) is 21.3. The van der Waals surface area contributed by atoms with Crippen LogP contribution in [0.15, 0.2) is 42.5 Å². The van der Waals surface area contributed by atoms with Gasteiger partial charge in [0.1, 0.15) is 11.5 Å². The van der Waals surface area contributed by atoms with Crippen molar-refractivity contribution in [2.24, 2.45) is 0 Å². The smallest absolute Gasteiger partial charge is 0.173 e. The third-order valence-corrected chi connectivity index (χ3v) is 5.59. The van der Waals surface area contributed by atoms with Gasteiger partial charge >= 0.3 is 0 Å². The Hall–Kier alpha value is -2.35. The van der Waals surface area contributed by atoms with E-state index in [1.54, 1.807) is 14.2 Å². The molecular weight excluding hydrogens is 398 g/mol. The van der Waals surface area contributed by atoms with Crippen molar-refractivity contribution in [1.29, 1.82) is 0 Å². The molecule has 0 atom stereocenters. The molecule has 30 heavy (non-hydrogen) atoms. The second-order valence-corrected chi connectivity index (χ2v) is 7.71. The molecule has 1 fully saturated rings. The summed E-state index contributed by atoms with van der Waals surface area (Å²) in [5.74, 6) is 1.65. The van der Waals surface area contributed by atoms with E-state index in [-0.39, 0.29) is 0 Å². The summed E-state index contributed by atoms with van der Waals surface area (Å²) in [6.45, 7) is 7.91. The molecule has 162 valence electrons. The van der Waals surface area contributed by atoms with E-state index in [1.807, 2.05) is 43.3 Å². The number of para-hydroxylation sites is 1. The van der Waals surface area contributed by atoms with E-state index in [2.05, 4.69) is 21.2 Å². The van der Waals surface area contributed by atoms with Crippen LogP contribution in [0, 0.1) is 6.92 Å². The summed E-state index contributed by atoms with van der Waals surface area (Å²) >= 11 is 5.82. The molecule has 3 rings (SSSR count). The minimum Gasteiger partial charge on any atom is -0.496 e. The second kappa shape index (κ2) is 11.2. The van der Waals surface area contributed by atoms with Gasteiger partial charge in [0, 0.05) is 38.3 Å². The van der Waals surface area contributed by atoms with Gasteiger partial charge in [-0.3, -0.25) is 4.90 Å². The van der Waals surface area contributed by atoms with Crippen molar-refractivity contribution in [3.05, 3.63) is 53.6 Å². The molecule has 0 saturated carbocycles. The number of hydrogen-bond acceptors (Lipinski definition) is 5. The number of ether oxygens (including phenoxy) is 3. The molecule has 0 aromatic heterocycles. The Labute approximate surface area is 184 Å². The highest BCUT2D eigenvalue weighted by atomic mass is 32.1. The molecular formula is C23H31N3O3S. The largest absolute Gasteiger partial charge is 0.496 e. The lowest BCUT2D eigenvalue weighted by Gasteiger charge is -2.32. The van der Waals surface area contributed by atoms with Crippen LogP contribution in [0.2, 0.25) is 0 Å². The van der Waals surface area contributed by atoms with Crippen molar-refractivity contribution in [2.45, 2.75) is 13.5 Å². The van der Waals surface area contributed by atoms with Crippen LogP contribution >= 0.6 is 12.2 Å². The maximum absolute atomic E-state index is 5.82. The summed E-state index contributed by atoms with van der Waals surface area (Å²) in [4.78, 5) is 4.59. The number of nitrogens with zero attached hydrogens (tertiary/aromatic N) is 2. The first-order chi connectivity index (χ1) is 14.6. The zero-order valence-electron chi connectivity index (χ0n) is 18.0. The first kappa shape index (κ1) is 22.3. The van der Waals surface area contributed by atoms with E-state index in [1.165, 1.54) is 0 Å². The lowest BCUT2D eigenvalue weighted by atomic mass is 10.2. The fraction of sp³-hybridized carbons (Fsp3) is 0.435. The maximum Gasteiger partial charge on any atom is 0.173 e. The number of anilines is 1. The molecule has 2 aromatic rings. The monoisotopic (exact) mass is 429 g/mol. The molecule has 0 spiro atoms. The van der Waals surface area contributed by atoms with Crippen molar-refractivity contribution in [2.75, 3.05) is 58.9 Å². The predicted octanol–water partition coefficient (Wildman–Crippen LogP) is 3.54. The van der Waals surface area contributed by atoms with Crippen LogP contribution in [0.1, 0.15) is 11.1 Å². The van der Waals surface area contributed by atoms with Crippen LogP contribution in [-0.2, 0) is 11.3 Å². The number of morpholine rings is 1. The van der Waals surface area contributed by atoms with E-state index < -0.39 is 0 Å². The Balaban J connectivity index is 1.75. The van der Waals surface area contributed by atoms with E-state index >= 15 is 0 Å². The Morgan fingerprint density at radius 1 is 1.10 bits per heavy atom. The van der Waals surface area contributed by atoms with Gasteiger partial charge in [-0.2, -0.15) is 0 Å². The number of methoxy groups -OCH3 is 2. The standard InChI is InChI=1S/C23H31N3O3S/c1-18-8-9-20(22(16-18)28-3)24-23(30)26(11-10-25-12-14-29-15-13-25)17-19-6-4-5-7-21(19)27-2/h4-9,16H,10-15,17H2,1-3H3,(H,24,30). The van der Waals surface area contributed by atoms with Gasteiger partial charge in [0.2, 0.25) is 0 Å². The van der Waals surface area contributed by atoms with Crippen molar-refractivity contribution < 1.29 is 14.2 Å². The summed E-state index contributed by atoms with van der Waals surface area (Å²) in [6.07, 6.45) is 0. The second-order valence-electron chi connectivity index (χ2n) is 7.32. The van der Waals surface area contributed by atoms with Gasteiger partial charge in [0.15, 0.2) is 5.11 Å². The number of nitrogens with one attached hydrogen (secondary N) is 1. The van der Waals surface area contributed by atoms with Crippen LogP contribution in [0.4, 0.5) is 5.69 Å². The Morgan fingerprint density at radius 3 is 2.57 bits per heavy atom. The lowest BCUT2D eigenvalue weighted by Crippen LogP contribution is -2.44. The maximum atomic E-state index is 5.82. The quantitative estimate of drug-likeness (QED) is 0.644. The Kier molecular flexibility index (Phi) is 8.30. The van der Waals surface area contributed by atoms with Gasteiger partial charge in [-0.05, 0) is 42.9 Å². The summed E-state index contributed by atoms with van der Waals surface area (Å²) in [5.41, 5.74) is 3.10. The summed E-state index contributed by atoms with van der Waals surface area (Å²) in [5, 5.41) is 4.05. The number of benzene rings is 2. The highest BCUT2D eigenvalue weighted by Gasteiger charge is 2.17. The van der Waals surface area contributed by atoms with E-state index in [4.69, 9.17) is 26.4 Å². The molecule has 0 unspecified atom stereocenters. The molecule has 1 aliphatic heterocycles. The van der Waals surface area contributed by atoms with Crippen LogP contribution < -0.4 is 14.8 Å². The molecule has 6 nitrogen and oxygen atoms in total. The van der Waals surface area contributed by atoms with Crippen LogP contribution in [0.3, 0.4) is 0 Å². The molecule has 0 bridgehead atoms. The van der Waals surface area contributed by atoms with Crippen LogP contribution in [-0.4, -0.2) is 68.5 Å². The van der Waals surface area contributed by atoms with Gasteiger partial charge < -0.3 is 24.4 Å². The number of thiocarbonyl (C=S) groups is 1. The molecule has 2 aromatic carbocycles. The third-order valence-electron chi connectivity index (χ3n) is 5.23. The van der Waals surface area contributed by atoms with Gasteiger partial charge in [-0.1, -0.05) is 24.3 Å². The average molecular weight is 430 g/mol. The van der Waals surface area contributed by atoms with Crippen molar-refractivity contribution in [1.82, 2.24) is 9.80 Å². The molecule has 1 aliphatic rings. The topological polar surface area (TPSA) is 46.2 Å². The molecule has 0 aliphatic carbocycles. The third kappa shape index (κ3) is 6.08.